The molecular weight excluding hydrogens is 174 g/mol. The molecule has 72 valence electrons. The molecule has 1 heterocycles. The lowest BCUT2D eigenvalue weighted by Crippen LogP contribution is -2.22. The van der Waals surface area contributed by atoms with Crippen LogP contribution in [0.3, 0.4) is 0 Å². The van der Waals surface area contributed by atoms with E-state index in [-0.39, 0.29) is 11.8 Å². The van der Waals surface area contributed by atoms with Gasteiger partial charge in [-0.3, -0.25) is 4.79 Å². The molecule has 2 heteroatoms. The fraction of sp³-hybridized carbons (Fsp3) is 0.250. The molecule has 1 aliphatic heterocycles. The molecule has 0 bridgehead atoms. The van der Waals surface area contributed by atoms with Crippen LogP contribution < -0.4 is 5.32 Å². The van der Waals surface area contributed by atoms with Crippen LogP contribution in [0.5, 0.6) is 0 Å². The Balaban J connectivity index is 2.19. The lowest BCUT2D eigenvalue weighted by atomic mass is 9.98. The number of benzene rings is 1. The van der Waals surface area contributed by atoms with Gasteiger partial charge in [0.05, 0.1) is 6.04 Å². The molecular formula is C12H13NO. The molecule has 14 heavy (non-hydrogen) atoms. The van der Waals surface area contributed by atoms with Gasteiger partial charge in [0.2, 0.25) is 0 Å². The molecule has 0 aliphatic carbocycles. The molecule has 1 aromatic rings. The first kappa shape index (κ1) is 9.00. The number of nitrogens with one attached hydrogen (secondary N) is 1. The van der Waals surface area contributed by atoms with Crippen molar-refractivity contribution < 1.29 is 4.79 Å². The van der Waals surface area contributed by atoms with E-state index >= 15 is 0 Å². The van der Waals surface area contributed by atoms with Crippen molar-refractivity contribution in [3.63, 3.8) is 0 Å². The summed E-state index contributed by atoms with van der Waals surface area (Å²) in [4.78, 5) is 11.2. The van der Waals surface area contributed by atoms with Gasteiger partial charge in [-0.1, -0.05) is 29.8 Å². The van der Waals surface area contributed by atoms with E-state index in [0.717, 1.165) is 0 Å². The zero-order valence-corrected chi connectivity index (χ0v) is 8.16. The first-order valence-corrected chi connectivity index (χ1v) is 4.78. The van der Waals surface area contributed by atoms with Gasteiger partial charge in [0.15, 0.2) is 5.78 Å². The Kier molecular flexibility index (Phi) is 2.35. The third kappa shape index (κ3) is 1.84. The number of rotatable bonds is 1. The Morgan fingerprint density at radius 2 is 2.00 bits per heavy atom. The normalized spacial score (nSPS) is 20.6. The topological polar surface area (TPSA) is 29.1 Å². The van der Waals surface area contributed by atoms with Crippen molar-refractivity contribution in [2.45, 2.75) is 19.4 Å². The van der Waals surface area contributed by atoms with Gasteiger partial charge in [-0.2, -0.15) is 0 Å². The van der Waals surface area contributed by atoms with Crippen LogP contribution in [0.2, 0.25) is 0 Å². The van der Waals surface area contributed by atoms with Crippen molar-refractivity contribution in [3.8, 4) is 0 Å². The second-order valence-electron chi connectivity index (χ2n) is 3.63. The molecule has 1 aromatic carbocycles. The maximum absolute atomic E-state index is 11.2. The SMILES string of the molecule is Cc1ccc(C2CC(=O)C=CN2)cc1. The number of aryl methyl sites for hydroxylation is 1. The minimum Gasteiger partial charge on any atom is -0.384 e. The lowest BCUT2D eigenvalue weighted by molar-refractivity contribution is -0.115. The zero-order valence-electron chi connectivity index (χ0n) is 8.16. The summed E-state index contributed by atoms with van der Waals surface area (Å²) in [5.74, 6) is 0.189. The van der Waals surface area contributed by atoms with E-state index < -0.39 is 0 Å². The molecule has 0 aromatic heterocycles. The van der Waals surface area contributed by atoms with E-state index in [4.69, 9.17) is 0 Å². The van der Waals surface area contributed by atoms with Crippen molar-refractivity contribution in [1.29, 1.82) is 0 Å². The fourth-order valence-corrected chi connectivity index (χ4v) is 1.60. The highest BCUT2D eigenvalue weighted by atomic mass is 16.1. The summed E-state index contributed by atoms with van der Waals surface area (Å²) in [6.07, 6.45) is 3.88. The maximum atomic E-state index is 11.2. The summed E-state index contributed by atoms with van der Waals surface area (Å²) in [5.41, 5.74) is 2.42. The minimum atomic E-state index is 0.146. The Hall–Kier alpha value is -1.57. The largest absolute Gasteiger partial charge is 0.384 e. The molecule has 0 amide bonds. The number of ketones is 1. The van der Waals surface area contributed by atoms with Crippen molar-refractivity contribution in [2.24, 2.45) is 0 Å². The van der Waals surface area contributed by atoms with Gasteiger partial charge >= 0.3 is 0 Å². The van der Waals surface area contributed by atoms with Gasteiger partial charge < -0.3 is 5.32 Å². The lowest BCUT2D eigenvalue weighted by Gasteiger charge is -2.19. The summed E-state index contributed by atoms with van der Waals surface area (Å²) in [6.45, 7) is 2.06. The summed E-state index contributed by atoms with van der Waals surface area (Å²) < 4.78 is 0. The van der Waals surface area contributed by atoms with Gasteiger partial charge in [0.1, 0.15) is 0 Å². The molecule has 1 N–H and O–H groups in total. The van der Waals surface area contributed by atoms with Gasteiger partial charge in [-0.25, -0.2) is 0 Å². The first-order chi connectivity index (χ1) is 6.75. The molecule has 0 fully saturated rings. The molecule has 0 radical (unpaired) electrons. The predicted octanol–water partition coefficient (Wildman–Crippen LogP) is 2.11. The van der Waals surface area contributed by atoms with E-state index in [1.807, 2.05) is 0 Å². The predicted molar refractivity (Wildman–Crippen MR) is 55.8 cm³/mol. The molecule has 2 rings (SSSR count). The van der Waals surface area contributed by atoms with Crippen molar-refractivity contribution in [3.05, 3.63) is 47.7 Å². The summed E-state index contributed by atoms with van der Waals surface area (Å²) >= 11 is 0. The van der Waals surface area contributed by atoms with Crippen molar-refractivity contribution in [1.82, 2.24) is 5.32 Å². The smallest absolute Gasteiger partial charge is 0.159 e. The fourth-order valence-electron chi connectivity index (χ4n) is 1.60. The second-order valence-corrected chi connectivity index (χ2v) is 3.63. The monoisotopic (exact) mass is 187 g/mol. The second kappa shape index (κ2) is 3.66. The van der Waals surface area contributed by atoms with Gasteiger partial charge in [-0.05, 0) is 18.6 Å². The van der Waals surface area contributed by atoms with Crippen molar-refractivity contribution >= 4 is 5.78 Å². The highest BCUT2D eigenvalue weighted by molar-refractivity contribution is 5.90. The Morgan fingerprint density at radius 1 is 1.29 bits per heavy atom. The molecule has 0 saturated heterocycles. The Morgan fingerprint density at radius 3 is 2.64 bits per heavy atom. The molecule has 2 nitrogen and oxygen atoms in total. The molecule has 1 aliphatic rings. The Labute approximate surface area is 83.6 Å². The van der Waals surface area contributed by atoms with Crippen LogP contribution in [0, 0.1) is 6.92 Å². The molecule has 1 unspecified atom stereocenters. The third-order valence-corrected chi connectivity index (χ3v) is 2.45. The first-order valence-electron chi connectivity index (χ1n) is 4.78. The number of allylic oxidation sites excluding steroid dienone is 1. The van der Waals surface area contributed by atoms with Crippen LogP contribution in [0.15, 0.2) is 36.5 Å². The molecule has 0 saturated carbocycles. The quantitative estimate of drug-likeness (QED) is 0.729. The summed E-state index contributed by atoms with van der Waals surface area (Å²) in [5, 5.41) is 3.18. The van der Waals surface area contributed by atoms with E-state index in [1.54, 1.807) is 12.3 Å². The van der Waals surface area contributed by atoms with E-state index in [9.17, 15) is 4.79 Å². The van der Waals surface area contributed by atoms with E-state index in [0.29, 0.717) is 6.42 Å². The van der Waals surface area contributed by atoms with Crippen molar-refractivity contribution in [2.75, 3.05) is 0 Å². The van der Waals surface area contributed by atoms with Crippen LogP contribution in [0.4, 0.5) is 0 Å². The highest BCUT2D eigenvalue weighted by Gasteiger charge is 2.15. The Bertz CT molecular complexity index is 364. The standard InChI is InChI=1S/C12H13NO/c1-9-2-4-10(5-3-9)12-8-11(14)6-7-13-12/h2-7,12-13H,8H2,1H3. The summed E-state index contributed by atoms with van der Waals surface area (Å²) in [6, 6.07) is 8.42. The van der Waals surface area contributed by atoms with Crippen LogP contribution in [0.1, 0.15) is 23.6 Å². The highest BCUT2D eigenvalue weighted by Crippen LogP contribution is 2.20. The van der Waals surface area contributed by atoms with Crippen LogP contribution in [-0.2, 0) is 4.79 Å². The summed E-state index contributed by atoms with van der Waals surface area (Å²) in [7, 11) is 0. The zero-order chi connectivity index (χ0) is 9.97. The van der Waals surface area contributed by atoms with Crippen LogP contribution in [0.25, 0.3) is 0 Å². The minimum absolute atomic E-state index is 0.146. The van der Waals surface area contributed by atoms with Gasteiger partial charge in [-0.15, -0.1) is 0 Å². The maximum Gasteiger partial charge on any atom is 0.159 e. The number of hydrogen-bond donors (Lipinski definition) is 1. The number of hydrogen-bond acceptors (Lipinski definition) is 2. The van der Waals surface area contributed by atoms with Gasteiger partial charge in [0, 0.05) is 12.6 Å². The average Bonchev–Trinajstić information content (AvgIpc) is 2.19. The molecule has 0 spiro atoms. The van der Waals surface area contributed by atoms with E-state index in [2.05, 4.69) is 36.5 Å². The van der Waals surface area contributed by atoms with Crippen LogP contribution >= 0.6 is 0 Å². The number of carbonyl (C=O) groups is 1. The van der Waals surface area contributed by atoms with Crippen LogP contribution in [-0.4, -0.2) is 5.78 Å². The van der Waals surface area contributed by atoms with E-state index in [1.165, 1.54) is 11.1 Å². The van der Waals surface area contributed by atoms with Gasteiger partial charge in [0.25, 0.3) is 0 Å². The molecule has 1 atom stereocenters. The number of carbonyl (C=O) groups excluding carboxylic acids is 1. The third-order valence-electron chi connectivity index (χ3n) is 2.45. The average molecular weight is 187 g/mol.